The fourth-order valence-electron chi connectivity index (χ4n) is 3.04. The van der Waals surface area contributed by atoms with E-state index in [0.717, 1.165) is 47.3 Å². The van der Waals surface area contributed by atoms with Crippen molar-refractivity contribution in [1.82, 2.24) is 20.5 Å². The van der Waals surface area contributed by atoms with E-state index < -0.39 is 0 Å². The van der Waals surface area contributed by atoms with Crippen molar-refractivity contribution < 1.29 is 4.79 Å². The standard InChI is InChI=1S/C24H29N5OS/c1-4-25-24(26-14-13-18-9-8-12-20(15-18)23(30)29(2)3)27-16-21-17-31-22(28-21)19-10-6-5-7-11-19/h5-12,15,17H,4,13-14,16H2,1-3H3,(H2,25,26,27). The summed E-state index contributed by atoms with van der Waals surface area (Å²) in [5.74, 6) is 0.778. The van der Waals surface area contributed by atoms with Crippen molar-refractivity contribution in [2.45, 2.75) is 19.9 Å². The smallest absolute Gasteiger partial charge is 0.253 e. The molecule has 1 amide bonds. The van der Waals surface area contributed by atoms with Gasteiger partial charge in [-0.15, -0.1) is 11.3 Å². The van der Waals surface area contributed by atoms with Gasteiger partial charge in [0, 0.05) is 43.7 Å². The van der Waals surface area contributed by atoms with Crippen LogP contribution in [0.5, 0.6) is 0 Å². The Morgan fingerprint density at radius 3 is 2.65 bits per heavy atom. The van der Waals surface area contributed by atoms with Crippen molar-refractivity contribution in [3.05, 3.63) is 76.8 Å². The Bertz CT molecular complexity index is 1010. The highest BCUT2D eigenvalue weighted by atomic mass is 32.1. The molecule has 3 aromatic rings. The van der Waals surface area contributed by atoms with Crippen LogP contribution in [0.4, 0.5) is 0 Å². The summed E-state index contributed by atoms with van der Waals surface area (Å²) in [6.07, 6.45) is 0.799. The summed E-state index contributed by atoms with van der Waals surface area (Å²) in [5, 5.41) is 9.71. The maximum atomic E-state index is 12.2. The van der Waals surface area contributed by atoms with E-state index in [4.69, 9.17) is 4.98 Å². The number of benzene rings is 2. The van der Waals surface area contributed by atoms with Gasteiger partial charge in [-0.1, -0.05) is 42.5 Å². The number of thiazole rings is 1. The van der Waals surface area contributed by atoms with E-state index in [0.29, 0.717) is 12.1 Å². The molecule has 0 spiro atoms. The van der Waals surface area contributed by atoms with Crippen LogP contribution in [-0.4, -0.2) is 48.9 Å². The molecule has 6 nitrogen and oxygen atoms in total. The second-order valence-electron chi connectivity index (χ2n) is 7.28. The van der Waals surface area contributed by atoms with Crippen molar-refractivity contribution in [2.75, 3.05) is 27.2 Å². The summed E-state index contributed by atoms with van der Waals surface area (Å²) < 4.78 is 0. The molecule has 0 fully saturated rings. The SMILES string of the molecule is CCNC(=NCc1csc(-c2ccccc2)n1)NCCc1cccc(C(=O)N(C)C)c1. The molecule has 0 saturated carbocycles. The molecule has 0 radical (unpaired) electrons. The van der Waals surface area contributed by atoms with Crippen LogP contribution in [0, 0.1) is 0 Å². The average molecular weight is 436 g/mol. The third-order valence-corrected chi connectivity index (χ3v) is 5.54. The molecular weight excluding hydrogens is 406 g/mol. The molecule has 0 aliphatic carbocycles. The number of hydrogen-bond acceptors (Lipinski definition) is 4. The molecule has 0 aliphatic heterocycles. The van der Waals surface area contributed by atoms with Gasteiger partial charge in [-0.05, 0) is 31.0 Å². The van der Waals surface area contributed by atoms with Crippen molar-refractivity contribution in [3.8, 4) is 10.6 Å². The molecule has 0 bridgehead atoms. The van der Waals surface area contributed by atoms with E-state index in [1.54, 1.807) is 30.3 Å². The Morgan fingerprint density at radius 2 is 1.90 bits per heavy atom. The maximum absolute atomic E-state index is 12.2. The topological polar surface area (TPSA) is 69.6 Å². The van der Waals surface area contributed by atoms with Crippen LogP contribution < -0.4 is 10.6 Å². The van der Waals surface area contributed by atoms with Crippen molar-refractivity contribution >= 4 is 23.2 Å². The Kier molecular flexibility index (Phi) is 8.18. The number of rotatable bonds is 8. The van der Waals surface area contributed by atoms with Gasteiger partial charge in [0.15, 0.2) is 5.96 Å². The van der Waals surface area contributed by atoms with Crippen LogP contribution in [0.25, 0.3) is 10.6 Å². The van der Waals surface area contributed by atoms with E-state index in [1.165, 1.54) is 0 Å². The molecule has 0 saturated heterocycles. The van der Waals surface area contributed by atoms with E-state index in [9.17, 15) is 4.79 Å². The summed E-state index contributed by atoms with van der Waals surface area (Å²) in [4.78, 5) is 23.1. The molecule has 3 rings (SSSR count). The Balaban J connectivity index is 1.57. The molecule has 31 heavy (non-hydrogen) atoms. The predicted molar refractivity (Wildman–Crippen MR) is 129 cm³/mol. The highest BCUT2D eigenvalue weighted by Gasteiger charge is 2.08. The lowest BCUT2D eigenvalue weighted by atomic mass is 10.1. The maximum Gasteiger partial charge on any atom is 0.253 e. The van der Waals surface area contributed by atoms with Crippen LogP contribution >= 0.6 is 11.3 Å². The van der Waals surface area contributed by atoms with E-state index >= 15 is 0 Å². The molecule has 1 aromatic heterocycles. The van der Waals surface area contributed by atoms with Crippen LogP contribution in [0.2, 0.25) is 0 Å². The van der Waals surface area contributed by atoms with Crippen molar-refractivity contribution in [1.29, 1.82) is 0 Å². The first-order valence-corrected chi connectivity index (χ1v) is 11.3. The minimum absolute atomic E-state index is 0.0165. The molecule has 0 atom stereocenters. The number of aliphatic imine (C=N–C) groups is 1. The lowest BCUT2D eigenvalue weighted by Gasteiger charge is -2.13. The van der Waals surface area contributed by atoms with E-state index in [2.05, 4.69) is 33.1 Å². The Hall–Kier alpha value is -3.19. The molecule has 1 heterocycles. The second-order valence-corrected chi connectivity index (χ2v) is 8.14. The monoisotopic (exact) mass is 435 g/mol. The predicted octanol–water partition coefficient (Wildman–Crippen LogP) is 3.81. The number of aromatic nitrogens is 1. The zero-order chi connectivity index (χ0) is 22.1. The largest absolute Gasteiger partial charge is 0.357 e. The van der Waals surface area contributed by atoms with E-state index in [-0.39, 0.29) is 5.91 Å². The number of nitrogens with zero attached hydrogens (tertiary/aromatic N) is 3. The fourth-order valence-corrected chi connectivity index (χ4v) is 3.86. The quantitative estimate of drug-likeness (QED) is 0.417. The first-order valence-electron chi connectivity index (χ1n) is 10.4. The summed E-state index contributed by atoms with van der Waals surface area (Å²) in [6, 6.07) is 18.0. The number of nitrogens with one attached hydrogen (secondary N) is 2. The van der Waals surface area contributed by atoms with E-state index in [1.807, 2.05) is 49.4 Å². The number of hydrogen-bond donors (Lipinski definition) is 2. The third kappa shape index (κ3) is 6.65. The molecule has 2 N–H and O–H groups in total. The van der Waals surface area contributed by atoms with Gasteiger partial charge in [-0.25, -0.2) is 9.98 Å². The van der Waals surface area contributed by atoms with Gasteiger partial charge >= 0.3 is 0 Å². The van der Waals surface area contributed by atoms with Crippen LogP contribution in [-0.2, 0) is 13.0 Å². The highest BCUT2D eigenvalue weighted by molar-refractivity contribution is 7.13. The summed E-state index contributed by atoms with van der Waals surface area (Å²) in [6.45, 7) is 4.07. The minimum atomic E-state index is 0.0165. The number of carbonyl (C=O) groups excluding carboxylic acids is 1. The molecule has 0 unspecified atom stereocenters. The Morgan fingerprint density at radius 1 is 1.10 bits per heavy atom. The molecule has 0 aliphatic rings. The number of amides is 1. The van der Waals surface area contributed by atoms with Gasteiger partial charge in [0.1, 0.15) is 5.01 Å². The first-order chi connectivity index (χ1) is 15.1. The average Bonchev–Trinajstić information content (AvgIpc) is 3.27. The normalized spacial score (nSPS) is 11.3. The fraction of sp³-hybridized carbons (Fsp3) is 0.292. The molecular formula is C24H29N5OS. The van der Waals surface area contributed by atoms with Gasteiger partial charge in [-0.3, -0.25) is 4.79 Å². The molecule has 7 heteroatoms. The number of carbonyl (C=O) groups is 1. The van der Waals surface area contributed by atoms with Crippen LogP contribution in [0.3, 0.4) is 0 Å². The van der Waals surface area contributed by atoms with Gasteiger partial charge in [-0.2, -0.15) is 0 Å². The van der Waals surface area contributed by atoms with Gasteiger partial charge < -0.3 is 15.5 Å². The minimum Gasteiger partial charge on any atom is -0.357 e. The van der Waals surface area contributed by atoms with Crippen LogP contribution in [0.15, 0.2) is 65.0 Å². The van der Waals surface area contributed by atoms with Crippen molar-refractivity contribution in [3.63, 3.8) is 0 Å². The summed E-state index contributed by atoms with van der Waals surface area (Å²) in [7, 11) is 3.53. The zero-order valence-electron chi connectivity index (χ0n) is 18.3. The summed E-state index contributed by atoms with van der Waals surface area (Å²) in [5.41, 5.74) is 3.91. The first kappa shape index (κ1) is 22.5. The summed E-state index contributed by atoms with van der Waals surface area (Å²) >= 11 is 1.64. The van der Waals surface area contributed by atoms with Gasteiger partial charge in [0.2, 0.25) is 0 Å². The Labute approximate surface area is 188 Å². The lowest BCUT2D eigenvalue weighted by molar-refractivity contribution is 0.0827. The number of guanidine groups is 1. The zero-order valence-corrected chi connectivity index (χ0v) is 19.1. The van der Waals surface area contributed by atoms with Crippen LogP contribution in [0.1, 0.15) is 28.5 Å². The van der Waals surface area contributed by atoms with Gasteiger partial charge in [0.05, 0.1) is 12.2 Å². The van der Waals surface area contributed by atoms with Crippen molar-refractivity contribution in [2.24, 2.45) is 4.99 Å². The second kappa shape index (κ2) is 11.3. The third-order valence-electron chi connectivity index (χ3n) is 4.60. The molecule has 2 aromatic carbocycles. The molecule has 162 valence electrons. The lowest BCUT2D eigenvalue weighted by Crippen LogP contribution is -2.38. The highest BCUT2D eigenvalue weighted by Crippen LogP contribution is 2.23. The van der Waals surface area contributed by atoms with Gasteiger partial charge in [0.25, 0.3) is 5.91 Å².